The van der Waals surface area contributed by atoms with E-state index in [0.29, 0.717) is 13.1 Å². The van der Waals surface area contributed by atoms with Crippen molar-refractivity contribution in [3.8, 4) is 11.1 Å². The van der Waals surface area contributed by atoms with Crippen LogP contribution >= 0.6 is 11.8 Å². The average Bonchev–Trinajstić information content (AvgIpc) is 3.23. The quantitative estimate of drug-likeness (QED) is 0.301. The predicted molar refractivity (Wildman–Crippen MR) is 146 cm³/mol. The molecule has 0 bridgehead atoms. The molecule has 0 spiro atoms. The topological polar surface area (TPSA) is 137 Å². The van der Waals surface area contributed by atoms with Gasteiger partial charge in [0.15, 0.2) is 0 Å². The van der Waals surface area contributed by atoms with Gasteiger partial charge in [0.05, 0.1) is 5.75 Å². The van der Waals surface area contributed by atoms with Crippen LogP contribution in [0.5, 0.6) is 0 Å². The Morgan fingerprint density at radius 2 is 1.63 bits per heavy atom. The summed E-state index contributed by atoms with van der Waals surface area (Å²) in [4.78, 5) is 50.6. The van der Waals surface area contributed by atoms with Gasteiger partial charge in [-0.3, -0.25) is 14.4 Å². The molecule has 11 heteroatoms. The molecule has 0 unspecified atom stereocenters. The Morgan fingerprint density at radius 3 is 2.21 bits per heavy atom. The first-order chi connectivity index (χ1) is 18.2. The molecular formula is C27H34N4O6S. The van der Waals surface area contributed by atoms with Gasteiger partial charge in [-0.2, -0.15) is 0 Å². The molecule has 10 nitrogen and oxygen atoms in total. The lowest BCUT2D eigenvalue weighted by atomic mass is 9.98. The summed E-state index contributed by atoms with van der Waals surface area (Å²) in [5.41, 5.74) is 4.31. The maximum Gasteiger partial charge on any atom is 0.407 e. The summed E-state index contributed by atoms with van der Waals surface area (Å²) in [5, 5.41) is 17.0. The Balaban J connectivity index is 1.62. The van der Waals surface area contributed by atoms with Gasteiger partial charge in [-0.1, -0.05) is 48.5 Å². The molecule has 0 heterocycles. The number of alkyl carbamates (subject to hydrolysis) is 1. The number of rotatable bonds is 13. The second-order valence-corrected chi connectivity index (χ2v) is 10.1. The molecule has 2 atom stereocenters. The summed E-state index contributed by atoms with van der Waals surface area (Å²) >= 11 is 1.17. The van der Waals surface area contributed by atoms with E-state index >= 15 is 0 Å². The van der Waals surface area contributed by atoms with Crippen LogP contribution in [0.1, 0.15) is 24.0 Å². The fourth-order valence-corrected chi connectivity index (χ4v) is 5.10. The molecule has 2 aromatic carbocycles. The summed E-state index contributed by atoms with van der Waals surface area (Å²) in [6, 6.07) is 13.7. The third kappa shape index (κ3) is 7.48. The first-order valence-electron chi connectivity index (χ1n) is 12.3. The Kier molecular flexibility index (Phi) is 10.5. The summed E-state index contributed by atoms with van der Waals surface area (Å²) in [5.74, 6) is -1.97. The van der Waals surface area contributed by atoms with Gasteiger partial charge in [-0.15, -0.1) is 11.8 Å². The Hall–Kier alpha value is -3.57. The molecule has 3 amide bonds. The summed E-state index contributed by atoms with van der Waals surface area (Å²) in [6.07, 6.45) is -0.798. The minimum Gasteiger partial charge on any atom is -0.480 e. The van der Waals surface area contributed by atoms with Crippen LogP contribution in [0.15, 0.2) is 48.5 Å². The number of benzene rings is 2. The lowest BCUT2D eigenvalue weighted by Gasteiger charge is -2.21. The summed E-state index contributed by atoms with van der Waals surface area (Å²) in [7, 11) is 3.48. The fraction of sp³-hybridized carbons (Fsp3) is 0.407. The zero-order valence-electron chi connectivity index (χ0n) is 21.7. The van der Waals surface area contributed by atoms with E-state index in [2.05, 4.69) is 16.0 Å². The molecule has 1 aliphatic rings. The minimum absolute atomic E-state index is 0.0635. The largest absolute Gasteiger partial charge is 0.480 e. The van der Waals surface area contributed by atoms with Crippen LogP contribution < -0.4 is 16.0 Å². The molecule has 204 valence electrons. The average molecular weight is 543 g/mol. The van der Waals surface area contributed by atoms with E-state index in [1.807, 2.05) is 48.5 Å². The second-order valence-electron chi connectivity index (χ2n) is 9.02. The zero-order chi connectivity index (χ0) is 27.7. The van der Waals surface area contributed by atoms with Crippen LogP contribution in [0, 0.1) is 0 Å². The Bertz CT molecular complexity index is 1110. The molecule has 0 saturated heterocycles. The smallest absolute Gasteiger partial charge is 0.407 e. The number of fused-ring (bicyclic) bond motifs is 3. The predicted octanol–water partition coefficient (Wildman–Crippen LogP) is 1.89. The van der Waals surface area contributed by atoms with Crippen molar-refractivity contribution in [3.05, 3.63) is 59.7 Å². The van der Waals surface area contributed by atoms with Crippen molar-refractivity contribution >= 4 is 35.6 Å². The van der Waals surface area contributed by atoms with E-state index in [-0.39, 0.29) is 29.9 Å². The van der Waals surface area contributed by atoms with Crippen LogP contribution in [-0.2, 0) is 19.1 Å². The Labute approximate surface area is 226 Å². The van der Waals surface area contributed by atoms with E-state index in [0.717, 1.165) is 22.3 Å². The maximum absolute atomic E-state index is 12.8. The van der Waals surface area contributed by atoms with Crippen LogP contribution in [0.25, 0.3) is 11.1 Å². The van der Waals surface area contributed by atoms with E-state index < -0.39 is 30.1 Å². The zero-order valence-corrected chi connectivity index (χ0v) is 22.5. The lowest BCUT2D eigenvalue weighted by Crippen LogP contribution is -2.52. The SMILES string of the molecule is CNCCN(C)C(=O)CSC[C@H](NC(=O)OCC1c2ccccc2-c2ccccc21)C(=O)N[C@@H](C)C(=O)O. The standard InChI is InChI=1S/C27H34N4O6S/c1-17(26(34)35)29-25(33)23(15-38-16-24(32)31(3)13-12-28-2)30-27(36)37-14-22-20-10-6-4-8-18(20)19-9-5-7-11-21(19)22/h4-11,17,22-23,28H,12-16H2,1-3H3,(H,29,33)(H,30,36)(H,34,35)/t17-,23-/m0/s1. The number of amides is 3. The lowest BCUT2D eigenvalue weighted by molar-refractivity contribution is -0.141. The molecule has 2 aromatic rings. The second kappa shape index (κ2) is 13.8. The van der Waals surface area contributed by atoms with Crippen molar-refractivity contribution in [2.75, 3.05) is 45.3 Å². The normalized spacial score (nSPS) is 13.6. The fourth-order valence-electron chi connectivity index (χ4n) is 4.12. The van der Waals surface area contributed by atoms with Gasteiger partial charge in [0.1, 0.15) is 18.7 Å². The molecule has 0 aromatic heterocycles. The molecule has 4 N–H and O–H groups in total. The summed E-state index contributed by atoms with van der Waals surface area (Å²) in [6.45, 7) is 2.59. The van der Waals surface area contributed by atoms with E-state index in [9.17, 15) is 19.2 Å². The number of carbonyl (C=O) groups is 4. The van der Waals surface area contributed by atoms with Crippen LogP contribution in [0.2, 0.25) is 0 Å². The van der Waals surface area contributed by atoms with Gasteiger partial charge < -0.3 is 30.7 Å². The maximum atomic E-state index is 12.8. The van der Waals surface area contributed by atoms with E-state index in [1.165, 1.54) is 18.7 Å². The van der Waals surface area contributed by atoms with Gasteiger partial charge >= 0.3 is 12.1 Å². The number of likely N-dealkylation sites (N-methyl/N-ethyl adjacent to an activating group) is 2. The van der Waals surface area contributed by atoms with E-state index in [4.69, 9.17) is 9.84 Å². The monoisotopic (exact) mass is 542 g/mol. The first kappa shape index (κ1) is 29.0. The van der Waals surface area contributed by atoms with E-state index in [1.54, 1.807) is 19.0 Å². The van der Waals surface area contributed by atoms with Crippen molar-refractivity contribution in [3.63, 3.8) is 0 Å². The molecular weight excluding hydrogens is 508 g/mol. The highest BCUT2D eigenvalue weighted by Gasteiger charge is 2.30. The number of carboxylic acid groups (broad SMARTS) is 1. The number of aliphatic carboxylic acids is 1. The van der Waals surface area contributed by atoms with Gasteiger partial charge in [-0.25, -0.2) is 4.79 Å². The van der Waals surface area contributed by atoms with Crippen molar-refractivity contribution in [1.82, 2.24) is 20.9 Å². The van der Waals surface area contributed by atoms with Crippen molar-refractivity contribution < 1.29 is 29.0 Å². The van der Waals surface area contributed by atoms with Crippen molar-refractivity contribution in [1.29, 1.82) is 0 Å². The molecule has 38 heavy (non-hydrogen) atoms. The molecule has 0 saturated carbocycles. The van der Waals surface area contributed by atoms with Gasteiger partial charge in [0.2, 0.25) is 11.8 Å². The number of hydrogen-bond donors (Lipinski definition) is 4. The number of hydrogen-bond acceptors (Lipinski definition) is 7. The first-order valence-corrected chi connectivity index (χ1v) is 13.5. The van der Waals surface area contributed by atoms with Crippen molar-refractivity contribution in [2.45, 2.75) is 24.9 Å². The number of nitrogens with zero attached hydrogens (tertiary/aromatic N) is 1. The highest BCUT2D eigenvalue weighted by atomic mass is 32.2. The van der Waals surface area contributed by atoms with Crippen LogP contribution in [0.3, 0.4) is 0 Å². The van der Waals surface area contributed by atoms with Crippen molar-refractivity contribution in [2.24, 2.45) is 0 Å². The molecule has 0 fully saturated rings. The van der Waals surface area contributed by atoms with Crippen LogP contribution in [0.4, 0.5) is 4.79 Å². The number of carboxylic acids is 1. The third-order valence-corrected chi connectivity index (χ3v) is 7.33. The van der Waals surface area contributed by atoms with Gasteiger partial charge in [0, 0.05) is 31.8 Å². The molecule has 3 rings (SSSR count). The third-order valence-electron chi connectivity index (χ3n) is 6.31. The van der Waals surface area contributed by atoms with Crippen LogP contribution in [-0.4, -0.2) is 91.3 Å². The molecule has 1 aliphatic carbocycles. The van der Waals surface area contributed by atoms with Gasteiger partial charge in [0.25, 0.3) is 0 Å². The van der Waals surface area contributed by atoms with Gasteiger partial charge in [-0.05, 0) is 36.2 Å². The summed E-state index contributed by atoms with van der Waals surface area (Å²) < 4.78 is 5.54. The highest BCUT2D eigenvalue weighted by Crippen LogP contribution is 2.44. The molecule has 0 aliphatic heterocycles. The molecule has 0 radical (unpaired) electrons. The number of nitrogens with one attached hydrogen (secondary N) is 3. The Morgan fingerprint density at radius 1 is 1.03 bits per heavy atom. The highest BCUT2D eigenvalue weighted by molar-refractivity contribution is 8.00. The number of carbonyl (C=O) groups excluding carboxylic acids is 3. The number of thioether (sulfide) groups is 1. The minimum atomic E-state index is -1.20. The number of ether oxygens (including phenoxy) is 1.